The van der Waals surface area contributed by atoms with Crippen LogP contribution in [0.25, 0.3) is 0 Å². The zero-order valence-corrected chi connectivity index (χ0v) is 14.2. The van der Waals surface area contributed by atoms with Crippen LogP contribution in [0.3, 0.4) is 0 Å². The van der Waals surface area contributed by atoms with Crippen molar-refractivity contribution < 1.29 is 13.2 Å². The van der Waals surface area contributed by atoms with Crippen molar-refractivity contribution in [1.82, 2.24) is 5.32 Å². The zero-order chi connectivity index (χ0) is 16.0. The van der Waals surface area contributed by atoms with E-state index >= 15 is 0 Å². The molecule has 0 radical (unpaired) electrons. The summed E-state index contributed by atoms with van der Waals surface area (Å²) in [6.45, 7) is 10.9. The van der Waals surface area contributed by atoms with Crippen molar-refractivity contribution >= 4 is 15.7 Å². The lowest BCUT2D eigenvalue weighted by Crippen LogP contribution is -2.54. The van der Waals surface area contributed by atoms with E-state index in [1.807, 2.05) is 20.8 Å². The lowest BCUT2D eigenvalue weighted by atomic mass is 9.89. The van der Waals surface area contributed by atoms with Crippen LogP contribution in [-0.2, 0) is 14.6 Å². The van der Waals surface area contributed by atoms with Gasteiger partial charge in [0, 0.05) is 6.54 Å². The van der Waals surface area contributed by atoms with E-state index < -0.39 is 25.4 Å². The number of rotatable bonds is 5. The summed E-state index contributed by atoms with van der Waals surface area (Å²) in [5, 5.41) is 2.64. The Hall–Kier alpha value is -0.620. The predicted octanol–water partition coefficient (Wildman–Crippen LogP) is 1.22. The molecule has 20 heavy (non-hydrogen) atoms. The molecule has 1 amide bonds. The van der Waals surface area contributed by atoms with E-state index in [2.05, 4.69) is 5.32 Å². The zero-order valence-electron chi connectivity index (χ0n) is 13.4. The minimum absolute atomic E-state index is 0.0908. The maximum atomic E-state index is 13.0. The van der Waals surface area contributed by atoms with E-state index in [9.17, 15) is 13.2 Å². The van der Waals surface area contributed by atoms with Gasteiger partial charge in [0.25, 0.3) is 0 Å². The lowest BCUT2D eigenvalue weighted by molar-refractivity contribution is -0.122. The standard InChI is InChI=1S/C14H28N2O3S/c1-10(15)11(17)16-9-13(5,6)20(18,19)14(7-8-14)12(2,3)4/h10H,7-9,15H2,1-6H3,(H,16,17). The van der Waals surface area contributed by atoms with Crippen molar-refractivity contribution in [3.05, 3.63) is 0 Å². The van der Waals surface area contributed by atoms with Gasteiger partial charge in [0.2, 0.25) is 5.91 Å². The minimum Gasteiger partial charge on any atom is -0.353 e. The Bertz CT molecular complexity index is 483. The largest absolute Gasteiger partial charge is 0.353 e. The number of nitrogens with one attached hydrogen (secondary N) is 1. The Balaban J connectivity index is 2.95. The van der Waals surface area contributed by atoms with Gasteiger partial charge in [0.05, 0.1) is 15.5 Å². The quantitative estimate of drug-likeness (QED) is 0.799. The van der Waals surface area contributed by atoms with Gasteiger partial charge in [0.1, 0.15) is 0 Å². The van der Waals surface area contributed by atoms with Gasteiger partial charge in [0.15, 0.2) is 9.84 Å². The van der Waals surface area contributed by atoms with E-state index in [4.69, 9.17) is 5.73 Å². The number of carbonyl (C=O) groups excluding carboxylic acids is 1. The van der Waals surface area contributed by atoms with E-state index in [-0.39, 0.29) is 17.9 Å². The molecule has 3 N–H and O–H groups in total. The van der Waals surface area contributed by atoms with Crippen LogP contribution in [0, 0.1) is 5.41 Å². The van der Waals surface area contributed by atoms with Crippen LogP contribution in [0.1, 0.15) is 54.4 Å². The molecule has 118 valence electrons. The van der Waals surface area contributed by atoms with Crippen LogP contribution >= 0.6 is 0 Å². The first kappa shape index (κ1) is 17.4. The Morgan fingerprint density at radius 2 is 1.70 bits per heavy atom. The summed E-state index contributed by atoms with van der Waals surface area (Å²) >= 11 is 0. The van der Waals surface area contributed by atoms with Gasteiger partial charge in [-0.3, -0.25) is 4.79 Å². The van der Waals surface area contributed by atoms with E-state index in [1.54, 1.807) is 20.8 Å². The third-order valence-electron chi connectivity index (χ3n) is 4.41. The second-order valence-electron chi connectivity index (χ2n) is 7.51. The molecule has 0 aromatic rings. The van der Waals surface area contributed by atoms with Crippen LogP contribution in [0.15, 0.2) is 0 Å². The first-order valence-electron chi connectivity index (χ1n) is 7.06. The Morgan fingerprint density at radius 3 is 2.00 bits per heavy atom. The van der Waals surface area contributed by atoms with Crippen LogP contribution in [0.4, 0.5) is 0 Å². The molecule has 1 unspecified atom stereocenters. The molecule has 0 aromatic carbocycles. The fourth-order valence-electron chi connectivity index (χ4n) is 2.62. The molecule has 1 aliphatic carbocycles. The molecule has 1 atom stereocenters. The summed E-state index contributed by atoms with van der Waals surface area (Å²) in [4.78, 5) is 11.5. The number of nitrogens with two attached hydrogens (primary N) is 1. The number of hydrogen-bond donors (Lipinski definition) is 2. The van der Waals surface area contributed by atoms with Crippen molar-refractivity contribution in [2.45, 2.75) is 69.9 Å². The molecule has 0 saturated heterocycles. The van der Waals surface area contributed by atoms with Crippen molar-refractivity contribution in [2.75, 3.05) is 6.54 Å². The Kier molecular flexibility index (Phi) is 4.34. The van der Waals surface area contributed by atoms with Gasteiger partial charge in [-0.1, -0.05) is 20.8 Å². The molecule has 6 heteroatoms. The maximum absolute atomic E-state index is 13.0. The molecule has 0 bridgehead atoms. The smallest absolute Gasteiger partial charge is 0.236 e. The van der Waals surface area contributed by atoms with E-state index in [0.717, 1.165) is 0 Å². The Labute approximate surface area is 122 Å². The second-order valence-corrected chi connectivity index (χ2v) is 10.4. The molecule has 0 aliphatic heterocycles. The van der Waals surface area contributed by atoms with Crippen LogP contribution in [0.2, 0.25) is 0 Å². The molecular formula is C14H28N2O3S. The van der Waals surface area contributed by atoms with Gasteiger partial charge >= 0.3 is 0 Å². The minimum atomic E-state index is -3.36. The summed E-state index contributed by atoms with van der Waals surface area (Å²) in [7, 11) is -3.36. The third kappa shape index (κ3) is 2.72. The van der Waals surface area contributed by atoms with Gasteiger partial charge in [-0.25, -0.2) is 8.42 Å². The Morgan fingerprint density at radius 1 is 1.25 bits per heavy atom. The lowest BCUT2D eigenvalue weighted by Gasteiger charge is -2.37. The SMILES string of the molecule is CC(N)C(=O)NCC(C)(C)S(=O)(=O)C1(C(C)(C)C)CC1. The topological polar surface area (TPSA) is 89.3 Å². The molecule has 1 fully saturated rings. The molecule has 1 saturated carbocycles. The van der Waals surface area contributed by atoms with E-state index in [1.165, 1.54) is 0 Å². The molecule has 5 nitrogen and oxygen atoms in total. The molecule has 1 aliphatic rings. The third-order valence-corrected chi connectivity index (χ3v) is 8.06. The second kappa shape index (κ2) is 4.98. The molecule has 0 spiro atoms. The predicted molar refractivity (Wildman–Crippen MR) is 81.1 cm³/mol. The van der Waals surface area contributed by atoms with Gasteiger partial charge in [-0.05, 0) is 39.0 Å². The molecular weight excluding hydrogens is 276 g/mol. The first-order valence-corrected chi connectivity index (χ1v) is 8.54. The summed E-state index contributed by atoms with van der Waals surface area (Å²) in [6.07, 6.45) is 1.40. The fourth-order valence-corrected chi connectivity index (χ4v) is 5.39. The normalized spacial score (nSPS) is 20.4. The fraction of sp³-hybridized carbons (Fsp3) is 0.929. The first-order chi connectivity index (χ1) is 8.78. The maximum Gasteiger partial charge on any atom is 0.236 e. The van der Waals surface area contributed by atoms with Crippen molar-refractivity contribution in [3.8, 4) is 0 Å². The average Bonchev–Trinajstić information content (AvgIpc) is 3.05. The van der Waals surface area contributed by atoms with Crippen molar-refractivity contribution in [3.63, 3.8) is 0 Å². The average molecular weight is 304 g/mol. The van der Waals surface area contributed by atoms with Gasteiger partial charge in [-0.15, -0.1) is 0 Å². The van der Waals surface area contributed by atoms with Crippen LogP contribution in [-0.4, -0.2) is 36.4 Å². The number of hydrogen-bond acceptors (Lipinski definition) is 4. The number of amides is 1. The van der Waals surface area contributed by atoms with Gasteiger partial charge in [-0.2, -0.15) is 0 Å². The highest BCUT2D eigenvalue weighted by Crippen LogP contribution is 2.58. The van der Waals surface area contributed by atoms with Crippen LogP contribution < -0.4 is 11.1 Å². The number of sulfone groups is 1. The van der Waals surface area contributed by atoms with Crippen molar-refractivity contribution in [1.29, 1.82) is 0 Å². The summed E-state index contributed by atoms with van der Waals surface area (Å²) in [6, 6.07) is -0.633. The molecule has 0 aromatic heterocycles. The van der Waals surface area contributed by atoms with Gasteiger partial charge < -0.3 is 11.1 Å². The van der Waals surface area contributed by atoms with E-state index in [0.29, 0.717) is 12.8 Å². The highest BCUT2D eigenvalue weighted by molar-refractivity contribution is 7.94. The summed E-state index contributed by atoms with van der Waals surface area (Å²) in [5.74, 6) is -0.325. The highest BCUT2D eigenvalue weighted by atomic mass is 32.2. The molecule has 0 heterocycles. The summed E-state index contributed by atoms with van der Waals surface area (Å²) < 4.78 is 24.3. The molecule has 1 rings (SSSR count). The monoisotopic (exact) mass is 304 g/mol. The van der Waals surface area contributed by atoms with Crippen LogP contribution in [0.5, 0.6) is 0 Å². The highest BCUT2D eigenvalue weighted by Gasteiger charge is 2.65. The number of carbonyl (C=O) groups is 1. The summed E-state index contributed by atoms with van der Waals surface area (Å²) in [5.41, 5.74) is 5.18. The van der Waals surface area contributed by atoms with Crippen molar-refractivity contribution in [2.24, 2.45) is 11.1 Å².